The number of H-pyrrole nitrogens is 1. The Morgan fingerprint density at radius 3 is 2.63 bits per heavy atom. The lowest BCUT2D eigenvalue weighted by atomic mass is 9.96. The second kappa shape index (κ2) is 8.32. The standard InChI is InChI=1S/C18H18N6O4S2/c25-15(11-3-1-2-4-11)12-9-19-6-5-13(12)23-16(26)24-17-22-10-14(29-17)30(27,28)18-20-7-8-21-18/h5-11H,1-4H2,(H,20,21)(H2,19,22,23,24,26). The van der Waals surface area contributed by atoms with Crippen LogP contribution in [-0.4, -0.2) is 40.2 Å². The Morgan fingerprint density at radius 1 is 1.10 bits per heavy atom. The molecule has 3 aromatic rings. The van der Waals surface area contributed by atoms with Gasteiger partial charge in [-0.25, -0.2) is 23.2 Å². The van der Waals surface area contributed by atoms with E-state index in [-0.39, 0.29) is 26.2 Å². The van der Waals surface area contributed by atoms with Crippen molar-refractivity contribution in [2.24, 2.45) is 5.92 Å². The van der Waals surface area contributed by atoms with Gasteiger partial charge in [0.2, 0.25) is 5.16 Å². The minimum Gasteiger partial charge on any atom is -0.335 e. The van der Waals surface area contributed by atoms with Gasteiger partial charge in [0.15, 0.2) is 10.9 Å². The molecule has 4 rings (SSSR count). The van der Waals surface area contributed by atoms with Crippen LogP contribution in [0.25, 0.3) is 0 Å². The highest BCUT2D eigenvalue weighted by molar-refractivity contribution is 7.93. The second-order valence-corrected chi connectivity index (χ2v) is 9.85. The number of amides is 2. The summed E-state index contributed by atoms with van der Waals surface area (Å²) in [6.07, 6.45) is 10.5. The zero-order valence-corrected chi connectivity index (χ0v) is 17.3. The number of urea groups is 1. The van der Waals surface area contributed by atoms with Crippen LogP contribution in [0, 0.1) is 5.92 Å². The number of nitrogens with zero attached hydrogens (tertiary/aromatic N) is 3. The van der Waals surface area contributed by atoms with Crippen molar-refractivity contribution in [1.82, 2.24) is 19.9 Å². The number of imidazole rings is 1. The molecule has 0 aromatic carbocycles. The first-order valence-electron chi connectivity index (χ1n) is 9.21. The molecule has 1 fully saturated rings. The van der Waals surface area contributed by atoms with Gasteiger partial charge in [-0.3, -0.25) is 15.1 Å². The van der Waals surface area contributed by atoms with Crippen LogP contribution in [0.1, 0.15) is 36.0 Å². The number of carbonyl (C=O) groups is 2. The van der Waals surface area contributed by atoms with E-state index in [1.165, 1.54) is 24.8 Å². The van der Waals surface area contributed by atoms with Crippen LogP contribution >= 0.6 is 11.3 Å². The van der Waals surface area contributed by atoms with Crippen molar-refractivity contribution in [3.8, 4) is 0 Å². The van der Waals surface area contributed by atoms with Crippen LogP contribution in [-0.2, 0) is 9.84 Å². The molecule has 0 unspecified atom stereocenters. The topological polar surface area (TPSA) is 147 Å². The molecular weight excluding hydrogens is 428 g/mol. The maximum Gasteiger partial charge on any atom is 0.325 e. The van der Waals surface area contributed by atoms with Crippen molar-refractivity contribution in [2.75, 3.05) is 10.6 Å². The predicted molar refractivity (Wildman–Crippen MR) is 109 cm³/mol. The first kappa shape index (κ1) is 20.2. The molecule has 1 saturated carbocycles. The number of rotatable bonds is 6. The van der Waals surface area contributed by atoms with Gasteiger partial charge in [0, 0.05) is 30.7 Å². The summed E-state index contributed by atoms with van der Waals surface area (Å²) in [4.78, 5) is 39.4. The molecule has 0 saturated heterocycles. The molecule has 3 heterocycles. The number of anilines is 2. The number of carbonyl (C=O) groups excluding carboxylic acids is 2. The maximum atomic E-state index is 12.7. The number of nitrogens with one attached hydrogen (secondary N) is 3. The molecule has 0 bridgehead atoms. The molecule has 1 aliphatic carbocycles. The van der Waals surface area contributed by atoms with Gasteiger partial charge >= 0.3 is 6.03 Å². The van der Waals surface area contributed by atoms with E-state index in [0.29, 0.717) is 11.3 Å². The fraction of sp³-hybridized carbons (Fsp3) is 0.278. The Morgan fingerprint density at radius 2 is 1.90 bits per heavy atom. The molecule has 3 aromatic heterocycles. The summed E-state index contributed by atoms with van der Waals surface area (Å²) in [7, 11) is -3.83. The molecule has 0 radical (unpaired) electrons. The lowest BCUT2D eigenvalue weighted by Gasteiger charge is -2.13. The Labute approximate surface area is 176 Å². The highest BCUT2D eigenvalue weighted by Crippen LogP contribution is 2.30. The number of sulfone groups is 1. The number of aromatic amines is 1. The van der Waals surface area contributed by atoms with Crippen LogP contribution in [0.15, 0.2) is 46.4 Å². The van der Waals surface area contributed by atoms with E-state index in [1.54, 1.807) is 6.07 Å². The molecular formula is C18H18N6O4S2. The normalized spacial score (nSPS) is 14.5. The number of aromatic nitrogens is 4. The Kier molecular flexibility index (Phi) is 5.59. The van der Waals surface area contributed by atoms with Crippen molar-refractivity contribution in [2.45, 2.75) is 35.0 Å². The van der Waals surface area contributed by atoms with Crippen molar-refractivity contribution < 1.29 is 18.0 Å². The fourth-order valence-electron chi connectivity index (χ4n) is 3.29. The van der Waals surface area contributed by atoms with E-state index >= 15 is 0 Å². The number of thiazole rings is 1. The monoisotopic (exact) mass is 446 g/mol. The Balaban J connectivity index is 1.46. The molecule has 2 amide bonds. The molecule has 30 heavy (non-hydrogen) atoms. The van der Waals surface area contributed by atoms with Gasteiger partial charge in [-0.2, -0.15) is 0 Å². The number of hydrogen-bond donors (Lipinski definition) is 3. The number of hydrogen-bond acceptors (Lipinski definition) is 8. The summed E-state index contributed by atoms with van der Waals surface area (Å²) in [6.45, 7) is 0. The molecule has 12 heteroatoms. The van der Waals surface area contributed by atoms with Crippen LogP contribution in [0.4, 0.5) is 15.6 Å². The first-order chi connectivity index (χ1) is 14.4. The largest absolute Gasteiger partial charge is 0.335 e. The second-order valence-electron chi connectivity index (χ2n) is 6.73. The minimum absolute atomic E-state index is 0.0306. The van der Waals surface area contributed by atoms with Crippen LogP contribution in [0.2, 0.25) is 0 Å². The van der Waals surface area contributed by atoms with Crippen LogP contribution < -0.4 is 10.6 Å². The number of ketones is 1. The van der Waals surface area contributed by atoms with Crippen molar-refractivity contribution in [3.05, 3.63) is 42.6 Å². The molecule has 1 aliphatic rings. The van der Waals surface area contributed by atoms with Gasteiger partial charge in [0.25, 0.3) is 9.84 Å². The zero-order chi connectivity index (χ0) is 21.1. The highest BCUT2D eigenvalue weighted by Gasteiger charge is 2.27. The highest BCUT2D eigenvalue weighted by atomic mass is 32.2. The Hall–Kier alpha value is -3.12. The van der Waals surface area contributed by atoms with E-state index < -0.39 is 15.9 Å². The summed E-state index contributed by atoms with van der Waals surface area (Å²) in [5.74, 6) is -0.0804. The summed E-state index contributed by atoms with van der Waals surface area (Å²) in [5.41, 5.74) is 0.708. The van der Waals surface area contributed by atoms with E-state index in [2.05, 4.69) is 30.6 Å². The van der Waals surface area contributed by atoms with Crippen LogP contribution in [0.5, 0.6) is 0 Å². The van der Waals surface area contributed by atoms with Gasteiger partial charge in [-0.15, -0.1) is 0 Å². The fourth-order valence-corrected chi connectivity index (χ4v) is 5.56. The van der Waals surface area contributed by atoms with Gasteiger partial charge in [-0.1, -0.05) is 24.2 Å². The molecule has 3 N–H and O–H groups in total. The lowest BCUT2D eigenvalue weighted by Crippen LogP contribution is -2.22. The van der Waals surface area contributed by atoms with Crippen molar-refractivity contribution in [1.29, 1.82) is 0 Å². The average Bonchev–Trinajstić information content (AvgIpc) is 3.50. The van der Waals surface area contributed by atoms with Crippen molar-refractivity contribution >= 4 is 43.8 Å². The number of pyridine rings is 1. The SMILES string of the molecule is O=C(Nc1ncc(S(=O)(=O)c2ncc[nH]2)s1)Nc1ccncc1C(=O)C1CCCC1. The number of Topliss-reactive ketones (excluding diaryl/α,β-unsaturated/α-hetero) is 1. The van der Waals surface area contributed by atoms with Gasteiger partial charge in [0.1, 0.15) is 4.21 Å². The van der Waals surface area contributed by atoms with E-state index in [4.69, 9.17) is 0 Å². The molecule has 0 spiro atoms. The van der Waals surface area contributed by atoms with Gasteiger partial charge in [-0.05, 0) is 18.9 Å². The third-order valence-corrected chi connectivity index (χ3v) is 7.74. The molecule has 0 atom stereocenters. The molecule has 10 nitrogen and oxygen atoms in total. The van der Waals surface area contributed by atoms with Gasteiger partial charge < -0.3 is 10.3 Å². The average molecular weight is 447 g/mol. The van der Waals surface area contributed by atoms with Crippen molar-refractivity contribution in [3.63, 3.8) is 0 Å². The third-order valence-electron chi connectivity index (χ3n) is 4.76. The lowest BCUT2D eigenvalue weighted by molar-refractivity contribution is 0.0923. The first-order valence-corrected chi connectivity index (χ1v) is 11.5. The summed E-state index contributed by atoms with van der Waals surface area (Å²) in [5, 5.41) is 5.01. The minimum atomic E-state index is -3.83. The van der Waals surface area contributed by atoms with E-state index in [1.807, 2.05) is 0 Å². The maximum absolute atomic E-state index is 12.7. The van der Waals surface area contributed by atoms with E-state index in [9.17, 15) is 18.0 Å². The zero-order valence-electron chi connectivity index (χ0n) is 15.7. The quantitative estimate of drug-likeness (QED) is 0.493. The summed E-state index contributed by atoms with van der Waals surface area (Å²) >= 11 is 0.798. The molecule has 0 aliphatic heterocycles. The predicted octanol–water partition coefficient (Wildman–Crippen LogP) is 3.11. The Bertz CT molecular complexity index is 1170. The van der Waals surface area contributed by atoms with Crippen LogP contribution in [0.3, 0.4) is 0 Å². The third kappa shape index (κ3) is 4.09. The molecule has 156 valence electrons. The summed E-state index contributed by atoms with van der Waals surface area (Å²) < 4.78 is 24.8. The van der Waals surface area contributed by atoms with E-state index in [0.717, 1.165) is 43.2 Å². The summed E-state index contributed by atoms with van der Waals surface area (Å²) in [6, 6.07) is 0.911. The van der Waals surface area contributed by atoms with Gasteiger partial charge in [0.05, 0.1) is 17.4 Å². The smallest absolute Gasteiger partial charge is 0.325 e.